The molecule has 0 aliphatic heterocycles. The summed E-state index contributed by atoms with van der Waals surface area (Å²) in [6.07, 6.45) is 1.41. The van der Waals surface area contributed by atoms with E-state index in [9.17, 15) is 4.79 Å². The van der Waals surface area contributed by atoms with E-state index in [1.165, 1.54) is 22.2 Å². The van der Waals surface area contributed by atoms with Crippen molar-refractivity contribution in [3.63, 3.8) is 0 Å². The van der Waals surface area contributed by atoms with Gasteiger partial charge in [-0.3, -0.25) is 9.48 Å². The quantitative estimate of drug-likeness (QED) is 0.890. The van der Waals surface area contributed by atoms with Gasteiger partial charge in [0.05, 0.1) is 11.2 Å². The van der Waals surface area contributed by atoms with Crippen LogP contribution in [0.15, 0.2) is 6.20 Å². The number of amides is 1. The van der Waals surface area contributed by atoms with Crippen molar-refractivity contribution in [1.82, 2.24) is 14.8 Å². The van der Waals surface area contributed by atoms with Crippen LogP contribution in [-0.2, 0) is 7.05 Å². The predicted octanol–water partition coefficient (Wildman–Crippen LogP) is 1.62. The Morgan fingerprint density at radius 2 is 2.28 bits per heavy atom. The fraction of sp³-hybridized carbons (Fsp3) is 0.273. The highest BCUT2D eigenvalue weighted by atomic mass is 32.1. The van der Waals surface area contributed by atoms with Gasteiger partial charge in [-0.25, -0.2) is 4.98 Å². The summed E-state index contributed by atoms with van der Waals surface area (Å²) < 4.78 is 1.45. The molecule has 0 radical (unpaired) electrons. The van der Waals surface area contributed by atoms with E-state index in [1.54, 1.807) is 7.05 Å². The zero-order chi connectivity index (χ0) is 13.3. The summed E-state index contributed by atoms with van der Waals surface area (Å²) in [6, 6.07) is 1.98. The number of thiazole rings is 1. The van der Waals surface area contributed by atoms with Gasteiger partial charge in [0.2, 0.25) is 0 Å². The maximum Gasteiger partial charge on any atom is 0.276 e. The lowest BCUT2D eigenvalue weighted by molar-refractivity contribution is 0.102. The topological polar surface area (TPSA) is 83.6 Å². The van der Waals surface area contributed by atoms with Crippen molar-refractivity contribution in [2.45, 2.75) is 13.8 Å². The van der Waals surface area contributed by atoms with Gasteiger partial charge >= 0.3 is 0 Å². The van der Waals surface area contributed by atoms with Crippen LogP contribution in [-0.4, -0.2) is 20.7 Å². The highest BCUT2D eigenvalue weighted by molar-refractivity contribution is 7.11. The molecule has 0 aromatic carbocycles. The molecule has 92 valence electrons. The first kappa shape index (κ1) is 12.3. The minimum atomic E-state index is -0.322. The lowest BCUT2D eigenvalue weighted by Crippen LogP contribution is -2.16. The number of anilines is 1. The van der Waals surface area contributed by atoms with Crippen molar-refractivity contribution in [1.29, 1.82) is 5.26 Å². The number of aryl methyl sites for hydroxylation is 3. The second kappa shape index (κ2) is 4.58. The Labute approximate surface area is 108 Å². The Bertz CT molecular complexity index is 649. The van der Waals surface area contributed by atoms with Crippen molar-refractivity contribution in [3.05, 3.63) is 27.3 Å². The molecule has 2 heterocycles. The van der Waals surface area contributed by atoms with Gasteiger partial charge < -0.3 is 5.32 Å². The Balaban J connectivity index is 2.30. The third kappa shape index (κ3) is 2.10. The Morgan fingerprint density at radius 1 is 1.56 bits per heavy atom. The number of hydrogen-bond acceptors (Lipinski definition) is 5. The second-order valence-electron chi connectivity index (χ2n) is 3.73. The van der Waals surface area contributed by atoms with E-state index in [-0.39, 0.29) is 5.91 Å². The van der Waals surface area contributed by atoms with Crippen molar-refractivity contribution in [2.75, 3.05) is 5.32 Å². The molecule has 7 heteroatoms. The minimum Gasteiger partial charge on any atom is -0.304 e. The summed E-state index contributed by atoms with van der Waals surface area (Å²) in [7, 11) is 1.66. The minimum absolute atomic E-state index is 0.322. The lowest BCUT2D eigenvalue weighted by Gasteiger charge is -2.04. The van der Waals surface area contributed by atoms with Gasteiger partial charge in [0.15, 0.2) is 0 Å². The third-order valence-corrected chi connectivity index (χ3v) is 3.30. The molecule has 0 aliphatic rings. The number of aromatic nitrogens is 3. The molecule has 0 fully saturated rings. The van der Waals surface area contributed by atoms with Crippen LogP contribution in [0.25, 0.3) is 0 Å². The van der Waals surface area contributed by atoms with Crippen LogP contribution in [0, 0.1) is 25.2 Å². The summed E-state index contributed by atoms with van der Waals surface area (Å²) >= 11 is 1.46. The number of nitrogens with zero attached hydrogens (tertiary/aromatic N) is 4. The number of nitriles is 1. The van der Waals surface area contributed by atoms with Gasteiger partial charge in [-0.15, -0.1) is 11.3 Å². The highest BCUT2D eigenvalue weighted by Gasteiger charge is 2.17. The maximum atomic E-state index is 12.0. The molecule has 2 rings (SSSR count). The Morgan fingerprint density at radius 3 is 2.83 bits per heavy atom. The van der Waals surface area contributed by atoms with Gasteiger partial charge in [-0.1, -0.05) is 0 Å². The van der Waals surface area contributed by atoms with Crippen molar-refractivity contribution in [3.8, 4) is 6.07 Å². The number of rotatable bonds is 2. The molecular weight excluding hydrogens is 250 g/mol. The zero-order valence-corrected chi connectivity index (χ0v) is 11.0. The number of nitrogens with one attached hydrogen (secondary N) is 1. The van der Waals surface area contributed by atoms with Crippen molar-refractivity contribution >= 4 is 23.1 Å². The summed E-state index contributed by atoms with van der Waals surface area (Å²) in [4.78, 5) is 17.1. The third-order valence-electron chi connectivity index (χ3n) is 2.41. The van der Waals surface area contributed by atoms with E-state index in [1.807, 2.05) is 19.9 Å². The monoisotopic (exact) mass is 261 g/mol. The SMILES string of the molecule is Cc1nc(C(=O)Nc2c(C#N)cnn2C)c(C)s1. The van der Waals surface area contributed by atoms with Crippen molar-refractivity contribution < 1.29 is 4.79 Å². The van der Waals surface area contributed by atoms with E-state index >= 15 is 0 Å². The van der Waals surface area contributed by atoms with Crippen molar-refractivity contribution in [2.24, 2.45) is 7.05 Å². The Kier molecular flexibility index (Phi) is 3.12. The van der Waals surface area contributed by atoms with Crippen LogP contribution in [0.3, 0.4) is 0 Å². The van der Waals surface area contributed by atoms with Gasteiger partial charge in [-0.2, -0.15) is 10.4 Å². The average Bonchev–Trinajstić information content (AvgIpc) is 2.83. The fourth-order valence-electron chi connectivity index (χ4n) is 1.57. The van der Waals surface area contributed by atoms with E-state index in [4.69, 9.17) is 5.26 Å². The molecule has 6 nitrogen and oxygen atoms in total. The molecule has 2 aromatic rings. The average molecular weight is 261 g/mol. The van der Waals surface area contributed by atoms with Crippen LogP contribution in [0.1, 0.15) is 25.9 Å². The fourth-order valence-corrected chi connectivity index (χ4v) is 2.39. The molecule has 1 N–H and O–H groups in total. The summed E-state index contributed by atoms with van der Waals surface area (Å²) in [5.74, 6) is 0.0597. The number of carbonyl (C=O) groups is 1. The normalized spacial score (nSPS) is 10.1. The standard InChI is InChI=1S/C11H11N5OS/c1-6-9(14-7(2)18-6)11(17)15-10-8(4-12)5-13-16(10)3/h5H,1-3H3,(H,15,17). The maximum absolute atomic E-state index is 12.0. The predicted molar refractivity (Wildman–Crippen MR) is 67.5 cm³/mol. The smallest absolute Gasteiger partial charge is 0.276 e. The molecule has 2 aromatic heterocycles. The summed E-state index contributed by atoms with van der Waals surface area (Å²) in [6.45, 7) is 3.69. The van der Waals surface area contributed by atoms with Crippen LogP contribution in [0.4, 0.5) is 5.82 Å². The first-order valence-electron chi connectivity index (χ1n) is 5.20. The summed E-state index contributed by atoms with van der Waals surface area (Å²) in [5, 5.41) is 16.3. The number of carbonyl (C=O) groups excluding carboxylic acids is 1. The first-order valence-corrected chi connectivity index (χ1v) is 6.02. The second-order valence-corrected chi connectivity index (χ2v) is 5.14. The van der Waals surface area contributed by atoms with E-state index in [0.717, 1.165) is 9.88 Å². The largest absolute Gasteiger partial charge is 0.304 e. The van der Waals surface area contributed by atoms with E-state index < -0.39 is 0 Å². The zero-order valence-electron chi connectivity index (χ0n) is 10.2. The molecule has 0 unspecified atom stereocenters. The van der Waals surface area contributed by atoms with E-state index in [2.05, 4.69) is 15.4 Å². The lowest BCUT2D eigenvalue weighted by atomic mass is 10.3. The number of hydrogen-bond donors (Lipinski definition) is 1. The van der Waals surface area contributed by atoms with Crippen LogP contribution in [0.5, 0.6) is 0 Å². The van der Waals surface area contributed by atoms with E-state index in [0.29, 0.717) is 17.1 Å². The molecule has 0 aliphatic carbocycles. The van der Waals surface area contributed by atoms with Gasteiger partial charge in [0, 0.05) is 11.9 Å². The van der Waals surface area contributed by atoms with Gasteiger partial charge in [-0.05, 0) is 13.8 Å². The van der Waals surface area contributed by atoms with Gasteiger partial charge in [0.25, 0.3) is 5.91 Å². The molecule has 0 saturated heterocycles. The molecule has 0 saturated carbocycles. The van der Waals surface area contributed by atoms with Gasteiger partial charge in [0.1, 0.15) is 23.1 Å². The van der Waals surface area contributed by atoms with Crippen LogP contribution in [0.2, 0.25) is 0 Å². The highest BCUT2D eigenvalue weighted by Crippen LogP contribution is 2.19. The van der Waals surface area contributed by atoms with Crippen LogP contribution < -0.4 is 5.32 Å². The molecule has 0 bridgehead atoms. The molecule has 0 spiro atoms. The Hall–Kier alpha value is -2.20. The first-order chi connectivity index (χ1) is 8.52. The molecular formula is C11H11N5OS. The summed E-state index contributed by atoms with van der Waals surface area (Å²) in [5.41, 5.74) is 0.720. The molecule has 0 atom stereocenters. The van der Waals surface area contributed by atoms with Crippen LogP contribution >= 0.6 is 11.3 Å². The molecule has 18 heavy (non-hydrogen) atoms. The molecule has 1 amide bonds.